The first-order chi connectivity index (χ1) is 5.36. The van der Waals surface area contributed by atoms with Gasteiger partial charge in [0.15, 0.2) is 0 Å². The van der Waals surface area contributed by atoms with Crippen LogP contribution >= 0.6 is 0 Å². The molecule has 0 radical (unpaired) electrons. The van der Waals surface area contributed by atoms with E-state index < -0.39 is 0 Å². The SMILES string of the molecule is C=CC12CC3CCC(CN1)N32. The summed E-state index contributed by atoms with van der Waals surface area (Å²) in [5.41, 5.74) is 0.228. The third-order valence-electron chi connectivity index (χ3n) is 3.61. The van der Waals surface area contributed by atoms with E-state index in [1.807, 2.05) is 0 Å². The summed E-state index contributed by atoms with van der Waals surface area (Å²) in [6, 6.07) is 1.71. The molecule has 3 unspecified atom stereocenters. The van der Waals surface area contributed by atoms with Crippen molar-refractivity contribution in [2.45, 2.75) is 37.0 Å². The maximum absolute atomic E-state index is 3.91. The second-order valence-corrected chi connectivity index (χ2v) is 4.01. The first-order valence-electron chi connectivity index (χ1n) is 4.53. The van der Waals surface area contributed by atoms with Gasteiger partial charge in [-0.25, -0.2) is 0 Å². The molecule has 0 amide bonds. The number of nitrogens with one attached hydrogen (secondary N) is 1. The second-order valence-electron chi connectivity index (χ2n) is 4.01. The molecule has 0 aliphatic carbocycles. The number of rotatable bonds is 1. The van der Waals surface area contributed by atoms with E-state index in [-0.39, 0.29) is 5.66 Å². The van der Waals surface area contributed by atoms with Gasteiger partial charge < -0.3 is 0 Å². The molecule has 11 heavy (non-hydrogen) atoms. The predicted octanol–water partition coefficient (Wildman–Crippen LogP) is 0.709. The van der Waals surface area contributed by atoms with Crippen LogP contribution in [-0.2, 0) is 0 Å². The monoisotopic (exact) mass is 150 g/mol. The van der Waals surface area contributed by atoms with Gasteiger partial charge in [0.2, 0.25) is 0 Å². The Bertz CT molecular complexity index is 214. The molecule has 0 saturated carbocycles. The molecule has 0 aromatic rings. The minimum atomic E-state index is 0.228. The smallest absolute Gasteiger partial charge is 0.0922 e. The van der Waals surface area contributed by atoms with Gasteiger partial charge in [-0.3, -0.25) is 10.2 Å². The summed E-state index contributed by atoms with van der Waals surface area (Å²) >= 11 is 0. The van der Waals surface area contributed by atoms with Crippen LogP contribution in [0.1, 0.15) is 19.3 Å². The van der Waals surface area contributed by atoms with Crippen molar-refractivity contribution in [3.63, 3.8) is 0 Å². The van der Waals surface area contributed by atoms with Crippen molar-refractivity contribution in [1.82, 2.24) is 10.2 Å². The van der Waals surface area contributed by atoms with Crippen molar-refractivity contribution in [3.05, 3.63) is 12.7 Å². The highest BCUT2D eigenvalue weighted by molar-refractivity contribution is 5.22. The molecule has 3 atom stereocenters. The van der Waals surface area contributed by atoms with E-state index in [1.54, 1.807) is 0 Å². The minimum Gasteiger partial charge on any atom is -0.294 e. The van der Waals surface area contributed by atoms with Crippen LogP contribution in [-0.4, -0.2) is 29.2 Å². The fraction of sp³-hybridized carbons (Fsp3) is 0.778. The molecule has 0 aromatic heterocycles. The van der Waals surface area contributed by atoms with Gasteiger partial charge in [-0.1, -0.05) is 12.7 Å². The normalized spacial score (nSPS) is 53.8. The highest BCUT2D eigenvalue weighted by atomic mass is 15.5. The zero-order valence-electron chi connectivity index (χ0n) is 6.71. The summed E-state index contributed by atoms with van der Waals surface area (Å²) in [4.78, 5) is 2.62. The van der Waals surface area contributed by atoms with E-state index in [9.17, 15) is 0 Å². The van der Waals surface area contributed by atoms with Crippen LogP contribution in [0.5, 0.6) is 0 Å². The van der Waals surface area contributed by atoms with Crippen LogP contribution in [0.3, 0.4) is 0 Å². The van der Waals surface area contributed by atoms with E-state index in [4.69, 9.17) is 0 Å². The van der Waals surface area contributed by atoms with Gasteiger partial charge in [-0.15, -0.1) is 0 Å². The van der Waals surface area contributed by atoms with Gasteiger partial charge in [0.1, 0.15) is 0 Å². The van der Waals surface area contributed by atoms with Crippen LogP contribution in [0.4, 0.5) is 0 Å². The summed E-state index contributed by atoms with van der Waals surface area (Å²) < 4.78 is 0. The molecule has 0 spiro atoms. The van der Waals surface area contributed by atoms with Crippen LogP contribution in [0.15, 0.2) is 12.7 Å². The van der Waals surface area contributed by atoms with Crippen LogP contribution in [0.2, 0.25) is 0 Å². The van der Waals surface area contributed by atoms with Crippen LogP contribution < -0.4 is 5.32 Å². The number of nitrogens with zero attached hydrogens (tertiary/aromatic N) is 1. The maximum Gasteiger partial charge on any atom is 0.0922 e. The molecule has 0 bridgehead atoms. The summed E-state index contributed by atoms with van der Waals surface area (Å²) in [5, 5.41) is 3.56. The maximum atomic E-state index is 3.91. The largest absolute Gasteiger partial charge is 0.294 e. The zero-order valence-corrected chi connectivity index (χ0v) is 6.71. The topological polar surface area (TPSA) is 15.3 Å². The second kappa shape index (κ2) is 1.70. The van der Waals surface area contributed by atoms with E-state index >= 15 is 0 Å². The van der Waals surface area contributed by atoms with Crippen molar-refractivity contribution in [2.75, 3.05) is 6.54 Å². The van der Waals surface area contributed by atoms with Gasteiger partial charge in [-0.2, -0.15) is 0 Å². The van der Waals surface area contributed by atoms with Gasteiger partial charge in [0.05, 0.1) is 5.66 Å². The summed E-state index contributed by atoms with van der Waals surface area (Å²) in [6.45, 7) is 5.09. The average Bonchev–Trinajstić information content (AvgIpc) is 2.38. The Kier molecular flexibility index (Phi) is 0.958. The van der Waals surface area contributed by atoms with Crippen molar-refractivity contribution in [3.8, 4) is 0 Å². The van der Waals surface area contributed by atoms with Crippen LogP contribution in [0, 0.1) is 0 Å². The molecule has 3 aliphatic rings. The summed E-state index contributed by atoms with van der Waals surface area (Å²) in [7, 11) is 0. The molecule has 3 heterocycles. The highest BCUT2D eigenvalue weighted by Crippen LogP contribution is 2.48. The Balaban J connectivity index is 1.98. The van der Waals surface area contributed by atoms with Crippen molar-refractivity contribution >= 4 is 0 Å². The summed E-state index contributed by atoms with van der Waals surface area (Å²) in [6.07, 6.45) is 6.21. The lowest BCUT2D eigenvalue weighted by atomic mass is 9.88. The quantitative estimate of drug-likeness (QED) is 0.554. The highest BCUT2D eigenvalue weighted by Gasteiger charge is 2.59. The van der Waals surface area contributed by atoms with Gasteiger partial charge >= 0.3 is 0 Å². The molecule has 0 aromatic carbocycles. The molecule has 2 nitrogen and oxygen atoms in total. The van der Waals surface area contributed by atoms with Crippen molar-refractivity contribution < 1.29 is 0 Å². The molecular weight excluding hydrogens is 136 g/mol. The zero-order chi connectivity index (χ0) is 7.47. The molecule has 1 N–H and O–H groups in total. The Hall–Kier alpha value is -0.340. The Morgan fingerprint density at radius 1 is 1.45 bits per heavy atom. The Morgan fingerprint density at radius 3 is 3.09 bits per heavy atom. The van der Waals surface area contributed by atoms with E-state index in [1.165, 1.54) is 25.8 Å². The standard InChI is InChI=1S/C9H14N2/c1-2-9-5-7-3-4-8(6-10-9)11(7)9/h2,7-8,10H,1,3-6H2. The molecule has 3 rings (SSSR count). The van der Waals surface area contributed by atoms with Gasteiger partial charge in [0, 0.05) is 18.6 Å². The van der Waals surface area contributed by atoms with E-state index in [0.29, 0.717) is 0 Å². The lowest BCUT2D eigenvalue weighted by Gasteiger charge is -2.51. The third-order valence-corrected chi connectivity index (χ3v) is 3.61. The average molecular weight is 150 g/mol. The van der Waals surface area contributed by atoms with E-state index in [2.05, 4.69) is 22.9 Å². The molecule has 3 saturated heterocycles. The lowest BCUT2D eigenvalue weighted by Crippen LogP contribution is -2.64. The number of hydrogen-bond acceptors (Lipinski definition) is 2. The third kappa shape index (κ3) is 0.531. The van der Waals surface area contributed by atoms with Crippen molar-refractivity contribution in [1.29, 1.82) is 0 Å². The minimum absolute atomic E-state index is 0.228. The fourth-order valence-electron chi connectivity index (χ4n) is 3.08. The predicted molar refractivity (Wildman–Crippen MR) is 44.2 cm³/mol. The van der Waals surface area contributed by atoms with Crippen LogP contribution in [0.25, 0.3) is 0 Å². The molecule has 2 heteroatoms. The first-order valence-corrected chi connectivity index (χ1v) is 4.53. The van der Waals surface area contributed by atoms with Crippen molar-refractivity contribution in [2.24, 2.45) is 0 Å². The Labute approximate surface area is 67.3 Å². The molecular formula is C9H14N2. The number of hydrogen-bond donors (Lipinski definition) is 1. The van der Waals surface area contributed by atoms with Gasteiger partial charge in [0.25, 0.3) is 0 Å². The fourth-order valence-corrected chi connectivity index (χ4v) is 3.08. The lowest BCUT2D eigenvalue weighted by molar-refractivity contribution is -0.00777. The molecule has 60 valence electrons. The molecule has 3 aliphatic heterocycles. The molecule has 3 fully saturated rings. The van der Waals surface area contributed by atoms with E-state index in [0.717, 1.165) is 12.1 Å². The van der Waals surface area contributed by atoms with Gasteiger partial charge in [-0.05, 0) is 19.3 Å². The first kappa shape index (κ1) is 6.21. The summed E-state index contributed by atoms with van der Waals surface area (Å²) in [5.74, 6) is 0. The Morgan fingerprint density at radius 2 is 2.27 bits per heavy atom.